The highest BCUT2D eigenvalue weighted by Crippen LogP contribution is 2.33. The van der Waals surface area contributed by atoms with Crippen molar-refractivity contribution < 1.29 is 22.4 Å². The highest BCUT2D eigenvalue weighted by Gasteiger charge is 2.42. The molecule has 25 heavy (non-hydrogen) atoms. The average molecular weight is 357 g/mol. The summed E-state index contributed by atoms with van der Waals surface area (Å²) >= 11 is 0. The second-order valence-corrected chi connectivity index (χ2v) is 6.74. The number of carbonyl (C=O) groups is 1. The van der Waals surface area contributed by atoms with E-state index in [9.17, 15) is 22.4 Å². The fraction of sp³-hybridized carbons (Fsp3) is 0.529. The van der Waals surface area contributed by atoms with Gasteiger partial charge in [-0.05, 0) is 17.7 Å². The molecule has 136 valence electrons. The van der Waals surface area contributed by atoms with Crippen molar-refractivity contribution in [1.82, 2.24) is 4.90 Å². The Morgan fingerprint density at radius 1 is 1.28 bits per heavy atom. The number of likely N-dealkylation sites (tertiary alicyclic amines) is 1. The number of nitrogens with zero attached hydrogens (tertiary/aromatic N) is 2. The predicted octanol–water partition coefficient (Wildman–Crippen LogP) is 2.77. The number of amides is 1. The zero-order chi connectivity index (χ0) is 19.0. The lowest BCUT2D eigenvalue weighted by Gasteiger charge is -2.34. The van der Waals surface area contributed by atoms with Crippen molar-refractivity contribution in [3.05, 3.63) is 35.4 Å². The smallest absolute Gasteiger partial charge is 0.322 e. The molecule has 0 aromatic heterocycles. The molecule has 0 saturated carbocycles. The molecule has 1 aliphatic heterocycles. The van der Waals surface area contributed by atoms with Crippen LogP contribution in [0.1, 0.15) is 31.4 Å². The van der Waals surface area contributed by atoms with Crippen LogP contribution in [-0.4, -0.2) is 35.6 Å². The largest absolute Gasteiger partial charge is 0.416 e. The number of alkyl halides is 4. The van der Waals surface area contributed by atoms with Crippen molar-refractivity contribution in [1.29, 1.82) is 5.26 Å². The number of carbonyl (C=O) groups excluding carboxylic acids is 1. The molecule has 1 aromatic carbocycles. The highest BCUT2D eigenvalue weighted by atomic mass is 19.4. The Bertz CT molecular complexity index is 679. The van der Waals surface area contributed by atoms with Crippen molar-refractivity contribution in [3.63, 3.8) is 0 Å². The second-order valence-electron chi connectivity index (χ2n) is 6.74. The van der Waals surface area contributed by atoms with Gasteiger partial charge in [0.1, 0.15) is 12.2 Å². The Balaban J connectivity index is 2.23. The molecule has 2 N–H and O–H groups in total. The van der Waals surface area contributed by atoms with Gasteiger partial charge in [-0.1, -0.05) is 26.0 Å². The van der Waals surface area contributed by atoms with Crippen LogP contribution < -0.4 is 5.73 Å². The SMILES string of the molecule is CC(C)(c1ccc(C(F)(F)F)cc1)C(N)C(=O)N1CC(F)CC1C#N. The quantitative estimate of drug-likeness (QED) is 0.846. The average Bonchev–Trinajstić information content (AvgIpc) is 2.93. The van der Waals surface area contributed by atoms with Gasteiger partial charge < -0.3 is 10.6 Å². The fourth-order valence-electron chi connectivity index (χ4n) is 2.91. The summed E-state index contributed by atoms with van der Waals surface area (Å²) in [5, 5.41) is 9.05. The zero-order valence-corrected chi connectivity index (χ0v) is 13.8. The van der Waals surface area contributed by atoms with Gasteiger partial charge in [-0.15, -0.1) is 0 Å². The minimum absolute atomic E-state index is 0.0599. The number of hydrogen-bond acceptors (Lipinski definition) is 3. The van der Waals surface area contributed by atoms with Gasteiger partial charge in [0.15, 0.2) is 0 Å². The predicted molar refractivity (Wildman–Crippen MR) is 83.1 cm³/mol. The second kappa shape index (κ2) is 6.64. The number of nitriles is 1. The maximum Gasteiger partial charge on any atom is 0.416 e. The Hall–Kier alpha value is -2.14. The standard InChI is InChI=1S/C17H19F4N3O/c1-16(2,10-3-5-11(6-4-10)17(19,20)21)14(23)15(25)24-9-12(18)7-13(24)8-22/h3-6,12-14H,7,9,23H2,1-2H3. The van der Waals surface area contributed by atoms with Crippen LogP contribution in [0.2, 0.25) is 0 Å². The molecular weight excluding hydrogens is 338 g/mol. The Kier molecular flexibility index (Phi) is 5.09. The Morgan fingerprint density at radius 2 is 1.80 bits per heavy atom. The maximum atomic E-state index is 13.5. The first-order valence-corrected chi connectivity index (χ1v) is 7.76. The summed E-state index contributed by atoms with van der Waals surface area (Å²) < 4.78 is 51.5. The molecule has 3 atom stereocenters. The molecule has 4 nitrogen and oxygen atoms in total. The first-order chi connectivity index (χ1) is 11.5. The van der Waals surface area contributed by atoms with Crippen LogP contribution in [0.3, 0.4) is 0 Å². The summed E-state index contributed by atoms with van der Waals surface area (Å²) in [5.41, 5.74) is 4.71. The first-order valence-electron chi connectivity index (χ1n) is 7.76. The van der Waals surface area contributed by atoms with Crippen LogP contribution >= 0.6 is 0 Å². The number of rotatable bonds is 3. The summed E-state index contributed by atoms with van der Waals surface area (Å²) in [6.45, 7) is 3.05. The zero-order valence-electron chi connectivity index (χ0n) is 13.8. The molecular formula is C17H19F4N3O. The van der Waals surface area contributed by atoms with Crippen LogP contribution in [-0.2, 0) is 16.4 Å². The van der Waals surface area contributed by atoms with E-state index < -0.39 is 41.3 Å². The van der Waals surface area contributed by atoms with Crippen LogP contribution in [0.5, 0.6) is 0 Å². The summed E-state index contributed by atoms with van der Waals surface area (Å²) in [6.07, 6.45) is -5.79. The lowest BCUT2D eigenvalue weighted by Crippen LogP contribution is -2.54. The normalized spacial score (nSPS) is 22.6. The molecule has 1 saturated heterocycles. The summed E-state index contributed by atoms with van der Waals surface area (Å²) in [6, 6.07) is 4.30. The van der Waals surface area contributed by atoms with E-state index in [1.807, 2.05) is 6.07 Å². The van der Waals surface area contributed by atoms with Gasteiger partial charge in [0.05, 0.1) is 24.2 Å². The van der Waals surface area contributed by atoms with Crippen LogP contribution in [0.25, 0.3) is 0 Å². The van der Waals surface area contributed by atoms with Crippen molar-refractivity contribution in [2.24, 2.45) is 5.73 Å². The molecule has 3 unspecified atom stereocenters. The number of halogens is 4. The molecule has 1 heterocycles. The molecule has 0 spiro atoms. The minimum Gasteiger partial charge on any atom is -0.322 e. The van der Waals surface area contributed by atoms with Gasteiger partial charge in [-0.25, -0.2) is 4.39 Å². The van der Waals surface area contributed by atoms with E-state index in [1.54, 1.807) is 13.8 Å². The van der Waals surface area contributed by atoms with Gasteiger partial charge >= 0.3 is 6.18 Å². The van der Waals surface area contributed by atoms with Crippen LogP contribution in [0.4, 0.5) is 17.6 Å². The lowest BCUT2D eigenvalue weighted by molar-refractivity contribution is -0.137. The van der Waals surface area contributed by atoms with Crippen molar-refractivity contribution in [2.75, 3.05) is 6.54 Å². The number of hydrogen-bond donors (Lipinski definition) is 1. The number of benzene rings is 1. The van der Waals surface area contributed by atoms with E-state index in [4.69, 9.17) is 11.0 Å². The molecule has 1 aromatic rings. The third kappa shape index (κ3) is 3.76. The van der Waals surface area contributed by atoms with E-state index in [0.717, 1.165) is 17.0 Å². The van der Waals surface area contributed by atoms with Crippen LogP contribution in [0, 0.1) is 11.3 Å². The molecule has 2 rings (SSSR count). The van der Waals surface area contributed by atoms with E-state index in [-0.39, 0.29) is 13.0 Å². The lowest BCUT2D eigenvalue weighted by atomic mass is 9.77. The van der Waals surface area contributed by atoms with Gasteiger partial charge in [0.2, 0.25) is 5.91 Å². The molecule has 1 amide bonds. The molecule has 0 radical (unpaired) electrons. The van der Waals surface area contributed by atoms with Gasteiger partial charge in [-0.3, -0.25) is 4.79 Å². The first kappa shape index (κ1) is 19.2. The fourth-order valence-corrected chi connectivity index (χ4v) is 2.91. The van der Waals surface area contributed by atoms with Crippen molar-refractivity contribution in [3.8, 4) is 6.07 Å². The molecule has 1 fully saturated rings. The third-order valence-electron chi connectivity index (χ3n) is 4.68. The Labute approximate surface area is 143 Å². The van der Waals surface area contributed by atoms with E-state index in [1.165, 1.54) is 12.1 Å². The van der Waals surface area contributed by atoms with E-state index in [0.29, 0.717) is 5.56 Å². The summed E-state index contributed by atoms with van der Waals surface area (Å²) in [4.78, 5) is 13.7. The minimum atomic E-state index is -4.45. The molecule has 1 aliphatic rings. The third-order valence-corrected chi connectivity index (χ3v) is 4.68. The van der Waals surface area contributed by atoms with Crippen molar-refractivity contribution in [2.45, 2.75) is 50.1 Å². The molecule has 8 heteroatoms. The van der Waals surface area contributed by atoms with E-state index >= 15 is 0 Å². The maximum absolute atomic E-state index is 13.5. The topological polar surface area (TPSA) is 70.1 Å². The monoisotopic (exact) mass is 357 g/mol. The van der Waals surface area contributed by atoms with Gasteiger partial charge in [0, 0.05) is 11.8 Å². The van der Waals surface area contributed by atoms with Crippen LogP contribution in [0.15, 0.2) is 24.3 Å². The van der Waals surface area contributed by atoms with Gasteiger partial charge in [0.25, 0.3) is 0 Å². The van der Waals surface area contributed by atoms with Gasteiger partial charge in [-0.2, -0.15) is 18.4 Å². The van der Waals surface area contributed by atoms with E-state index in [2.05, 4.69) is 0 Å². The summed E-state index contributed by atoms with van der Waals surface area (Å²) in [7, 11) is 0. The Morgan fingerprint density at radius 3 is 2.28 bits per heavy atom. The molecule has 0 aliphatic carbocycles. The summed E-state index contributed by atoms with van der Waals surface area (Å²) in [5.74, 6) is -0.586. The molecule has 0 bridgehead atoms. The van der Waals surface area contributed by atoms with Crippen molar-refractivity contribution >= 4 is 5.91 Å². The number of nitrogens with two attached hydrogens (primary N) is 1. The highest BCUT2D eigenvalue weighted by molar-refractivity contribution is 5.84.